The number of nitrogens with zero attached hydrogens (tertiary/aromatic N) is 4. The molecule has 0 spiro atoms. The molecule has 8 heteroatoms. The Labute approximate surface area is 112 Å². The van der Waals surface area contributed by atoms with E-state index in [0.29, 0.717) is 11.0 Å². The molecule has 0 bridgehead atoms. The van der Waals surface area contributed by atoms with Crippen LogP contribution in [0.4, 0.5) is 0 Å². The van der Waals surface area contributed by atoms with E-state index in [1.54, 1.807) is 0 Å². The molecule has 0 radical (unpaired) electrons. The molecule has 0 aliphatic carbocycles. The van der Waals surface area contributed by atoms with Gasteiger partial charge in [0.2, 0.25) is 5.91 Å². The number of carboxylic acid groups (broad SMARTS) is 1. The van der Waals surface area contributed by atoms with Gasteiger partial charge < -0.3 is 5.11 Å². The number of likely N-dealkylation sites (N-methyl/N-ethyl adjacent to an activating group) is 1. The zero-order chi connectivity index (χ0) is 14.4. The Morgan fingerprint density at radius 2 is 2.15 bits per heavy atom. The van der Waals surface area contributed by atoms with Crippen LogP contribution >= 0.6 is 0 Å². The van der Waals surface area contributed by atoms with Crippen LogP contribution in [-0.4, -0.2) is 49.8 Å². The lowest BCUT2D eigenvalue weighted by Gasteiger charge is -2.09. The standard InChI is InChI=1S/C12H10N4O4/c1-15-10(17)5-9(11(15)18)16-8-3-2-6(12(19)20)4-7(8)13-14-16/h2-4,9H,5H2,1H3,(H,19,20). The van der Waals surface area contributed by atoms with Crippen molar-refractivity contribution in [1.29, 1.82) is 0 Å². The third-order valence-electron chi connectivity index (χ3n) is 3.37. The van der Waals surface area contributed by atoms with Crippen LogP contribution in [0.25, 0.3) is 11.0 Å². The minimum absolute atomic E-state index is 0.0362. The number of likely N-dealkylation sites (tertiary alicyclic amines) is 1. The Morgan fingerprint density at radius 3 is 2.75 bits per heavy atom. The van der Waals surface area contributed by atoms with E-state index in [-0.39, 0.29) is 23.8 Å². The highest BCUT2D eigenvalue weighted by Gasteiger charge is 2.38. The molecule has 1 aliphatic rings. The van der Waals surface area contributed by atoms with E-state index in [1.807, 2.05) is 0 Å². The molecule has 8 nitrogen and oxygen atoms in total. The first-order valence-electron chi connectivity index (χ1n) is 5.87. The Kier molecular flexibility index (Phi) is 2.53. The number of benzene rings is 1. The van der Waals surface area contributed by atoms with Gasteiger partial charge in [0.15, 0.2) is 0 Å². The lowest BCUT2D eigenvalue weighted by atomic mass is 10.2. The molecule has 2 aromatic rings. The number of carboxylic acids is 1. The van der Waals surface area contributed by atoms with E-state index in [1.165, 1.54) is 29.9 Å². The molecule has 2 amide bonds. The van der Waals surface area contributed by atoms with Crippen molar-refractivity contribution in [3.8, 4) is 0 Å². The third kappa shape index (κ3) is 1.65. The highest BCUT2D eigenvalue weighted by atomic mass is 16.4. The number of imide groups is 1. The summed E-state index contributed by atoms with van der Waals surface area (Å²) in [5, 5.41) is 16.6. The van der Waals surface area contributed by atoms with Crippen molar-refractivity contribution in [2.24, 2.45) is 0 Å². The summed E-state index contributed by atoms with van der Waals surface area (Å²) in [6, 6.07) is 3.62. The van der Waals surface area contributed by atoms with E-state index in [9.17, 15) is 14.4 Å². The van der Waals surface area contributed by atoms with E-state index in [2.05, 4.69) is 10.3 Å². The van der Waals surface area contributed by atoms with E-state index in [4.69, 9.17) is 5.11 Å². The number of aromatic carboxylic acids is 1. The summed E-state index contributed by atoms with van der Waals surface area (Å²) in [6.07, 6.45) is 0.0362. The topological polar surface area (TPSA) is 105 Å². The molecule has 1 aliphatic heterocycles. The Morgan fingerprint density at radius 1 is 1.40 bits per heavy atom. The van der Waals surface area contributed by atoms with Crippen molar-refractivity contribution in [3.05, 3.63) is 23.8 Å². The molecule has 1 unspecified atom stereocenters. The Balaban J connectivity index is 2.08. The number of amides is 2. The average molecular weight is 274 g/mol. The van der Waals surface area contributed by atoms with Gasteiger partial charge in [-0.2, -0.15) is 0 Å². The summed E-state index contributed by atoms with van der Waals surface area (Å²) in [6.45, 7) is 0. The fraction of sp³-hybridized carbons (Fsp3) is 0.250. The summed E-state index contributed by atoms with van der Waals surface area (Å²) in [5.41, 5.74) is 0.992. The van der Waals surface area contributed by atoms with Gasteiger partial charge in [-0.3, -0.25) is 14.5 Å². The van der Waals surface area contributed by atoms with Crippen molar-refractivity contribution in [2.75, 3.05) is 7.05 Å². The summed E-state index contributed by atoms with van der Waals surface area (Å²) >= 11 is 0. The van der Waals surface area contributed by atoms with E-state index >= 15 is 0 Å². The number of hydrogen-bond acceptors (Lipinski definition) is 5. The maximum atomic E-state index is 12.0. The summed E-state index contributed by atoms with van der Waals surface area (Å²) in [7, 11) is 1.42. The molecular formula is C12H10N4O4. The van der Waals surface area contributed by atoms with Crippen molar-refractivity contribution in [1.82, 2.24) is 19.9 Å². The van der Waals surface area contributed by atoms with Crippen molar-refractivity contribution >= 4 is 28.8 Å². The lowest BCUT2D eigenvalue weighted by Crippen LogP contribution is -2.27. The lowest BCUT2D eigenvalue weighted by molar-refractivity contribution is -0.137. The maximum Gasteiger partial charge on any atom is 0.335 e. The number of rotatable bonds is 2. The highest BCUT2D eigenvalue weighted by molar-refractivity contribution is 6.04. The molecular weight excluding hydrogens is 264 g/mol. The minimum atomic E-state index is -1.06. The van der Waals surface area contributed by atoms with Gasteiger partial charge in [0.1, 0.15) is 11.6 Å². The first-order chi connectivity index (χ1) is 9.49. The quantitative estimate of drug-likeness (QED) is 0.776. The van der Waals surface area contributed by atoms with E-state index < -0.39 is 12.0 Å². The Hall–Kier alpha value is -2.77. The number of fused-ring (bicyclic) bond motifs is 1. The molecule has 0 saturated carbocycles. The van der Waals surface area contributed by atoms with Gasteiger partial charge >= 0.3 is 5.97 Å². The van der Waals surface area contributed by atoms with Crippen LogP contribution in [0.2, 0.25) is 0 Å². The van der Waals surface area contributed by atoms with Gasteiger partial charge in [-0.15, -0.1) is 5.10 Å². The van der Waals surface area contributed by atoms with Gasteiger partial charge in [-0.1, -0.05) is 5.21 Å². The predicted molar refractivity (Wildman–Crippen MR) is 65.9 cm³/mol. The largest absolute Gasteiger partial charge is 0.478 e. The number of carbonyl (C=O) groups is 3. The summed E-state index contributed by atoms with van der Waals surface area (Å²) in [4.78, 5) is 35.4. The molecule has 3 rings (SSSR count). The smallest absolute Gasteiger partial charge is 0.335 e. The molecule has 1 aromatic heterocycles. The van der Waals surface area contributed by atoms with Crippen molar-refractivity contribution in [3.63, 3.8) is 0 Å². The second-order valence-corrected chi connectivity index (χ2v) is 4.55. The minimum Gasteiger partial charge on any atom is -0.478 e. The highest BCUT2D eigenvalue weighted by Crippen LogP contribution is 2.26. The molecule has 1 atom stereocenters. The molecule has 1 N–H and O–H groups in total. The second-order valence-electron chi connectivity index (χ2n) is 4.55. The van der Waals surface area contributed by atoms with Crippen LogP contribution < -0.4 is 0 Å². The van der Waals surface area contributed by atoms with Crippen LogP contribution in [-0.2, 0) is 9.59 Å². The molecule has 1 saturated heterocycles. The fourth-order valence-corrected chi connectivity index (χ4v) is 2.23. The monoisotopic (exact) mass is 274 g/mol. The molecule has 1 fully saturated rings. The maximum absolute atomic E-state index is 12.0. The van der Waals surface area contributed by atoms with Crippen LogP contribution in [0.15, 0.2) is 18.2 Å². The van der Waals surface area contributed by atoms with Gasteiger partial charge in [0.05, 0.1) is 17.5 Å². The van der Waals surface area contributed by atoms with Crippen molar-refractivity contribution < 1.29 is 19.5 Å². The predicted octanol–water partition coefficient (Wildman–Crippen LogP) is 0.0593. The number of hydrogen-bond donors (Lipinski definition) is 1. The summed E-state index contributed by atoms with van der Waals surface area (Å²) in [5.74, 6) is -1.68. The fourth-order valence-electron chi connectivity index (χ4n) is 2.23. The van der Waals surface area contributed by atoms with Crippen LogP contribution in [0.1, 0.15) is 22.8 Å². The second kappa shape index (κ2) is 4.12. The zero-order valence-corrected chi connectivity index (χ0v) is 10.5. The molecule has 2 heterocycles. The van der Waals surface area contributed by atoms with Crippen molar-refractivity contribution in [2.45, 2.75) is 12.5 Å². The first kappa shape index (κ1) is 12.3. The van der Waals surface area contributed by atoms with Gasteiger partial charge in [0.25, 0.3) is 5.91 Å². The van der Waals surface area contributed by atoms with Crippen LogP contribution in [0, 0.1) is 0 Å². The SMILES string of the molecule is CN1C(=O)CC(n2nnc3cc(C(=O)O)ccc32)C1=O. The average Bonchev–Trinajstić information content (AvgIpc) is 2.94. The van der Waals surface area contributed by atoms with E-state index in [0.717, 1.165) is 4.90 Å². The normalized spacial score (nSPS) is 19.1. The molecule has 1 aromatic carbocycles. The van der Waals surface area contributed by atoms with Crippen LogP contribution in [0.5, 0.6) is 0 Å². The van der Waals surface area contributed by atoms with Crippen LogP contribution in [0.3, 0.4) is 0 Å². The first-order valence-corrected chi connectivity index (χ1v) is 5.87. The molecule has 102 valence electrons. The Bertz CT molecular complexity index is 751. The number of carbonyl (C=O) groups excluding carboxylic acids is 2. The number of aromatic nitrogens is 3. The van der Waals surface area contributed by atoms with Gasteiger partial charge in [-0.25, -0.2) is 9.48 Å². The summed E-state index contributed by atoms with van der Waals surface area (Å²) < 4.78 is 1.37. The van der Waals surface area contributed by atoms with Gasteiger partial charge in [-0.05, 0) is 18.2 Å². The third-order valence-corrected chi connectivity index (χ3v) is 3.37. The van der Waals surface area contributed by atoms with Gasteiger partial charge in [0, 0.05) is 7.05 Å². The zero-order valence-electron chi connectivity index (χ0n) is 10.5. The molecule has 20 heavy (non-hydrogen) atoms.